The minimum atomic E-state index is -0.352. The molecule has 0 saturated carbocycles. The minimum Gasteiger partial charge on any atom is -0.463 e. The Morgan fingerprint density at radius 1 is 1.40 bits per heavy atom. The molecular formula is C14H14N4O2. The summed E-state index contributed by atoms with van der Waals surface area (Å²) in [5, 5.41) is 7.16. The maximum absolute atomic E-state index is 12.1. The van der Waals surface area contributed by atoms with Crippen molar-refractivity contribution in [1.29, 1.82) is 0 Å². The molecule has 1 aromatic heterocycles. The highest BCUT2D eigenvalue weighted by Gasteiger charge is 2.31. The number of aromatic nitrogens is 3. The third kappa shape index (κ3) is 2.05. The van der Waals surface area contributed by atoms with E-state index < -0.39 is 0 Å². The monoisotopic (exact) mass is 270 g/mol. The van der Waals surface area contributed by atoms with E-state index in [-0.39, 0.29) is 12.0 Å². The first-order valence-corrected chi connectivity index (χ1v) is 6.39. The van der Waals surface area contributed by atoms with Crippen LogP contribution in [0.3, 0.4) is 0 Å². The van der Waals surface area contributed by atoms with Gasteiger partial charge in [0.2, 0.25) is 5.95 Å². The van der Waals surface area contributed by atoms with Crippen LogP contribution in [-0.2, 0) is 9.53 Å². The van der Waals surface area contributed by atoms with Gasteiger partial charge in [0.25, 0.3) is 0 Å². The Kier molecular flexibility index (Phi) is 3.20. The molecule has 1 aliphatic heterocycles. The first-order valence-electron chi connectivity index (χ1n) is 6.39. The number of esters is 1. The summed E-state index contributed by atoms with van der Waals surface area (Å²) in [6, 6.07) is 9.37. The average Bonchev–Trinajstić information content (AvgIpc) is 2.95. The number of carbonyl (C=O) groups excluding carboxylic acids is 1. The van der Waals surface area contributed by atoms with Gasteiger partial charge in [0.15, 0.2) is 0 Å². The zero-order valence-electron chi connectivity index (χ0n) is 11.0. The quantitative estimate of drug-likeness (QED) is 0.860. The van der Waals surface area contributed by atoms with E-state index in [9.17, 15) is 4.79 Å². The molecular weight excluding hydrogens is 256 g/mol. The Balaban J connectivity index is 2.06. The van der Waals surface area contributed by atoms with Gasteiger partial charge in [-0.2, -0.15) is 10.1 Å². The summed E-state index contributed by atoms with van der Waals surface area (Å²) in [5.74, 6) is 0.252. The van der Waals surface area contributed by atoms with Crippen LogP contribution in [0.1, 0.15) is 18.5 Å². The number of hydrogen-bond donors (Lipinski definition) is 1. The Morgan fingerprint density at radius 2 is 2.20 bits per heavy atom. The van der Waals surface area contributed by atoms with Crippen molar-refractivity contribution >= 4 is 11.9 Å². The lowest BCUT2D eigenvalue weighted by atomic mass is 9.98. The molecule has 1 aliphatic rings. The molecule has 0 amide bonds. The second kappa shape index (κ2) is 5.16. The normalized spacial score (nSPS) is 16.9. The number of benzene rings is 1. The number of fused-ring (bicyclic) bond motifs is 1. The molecule has 1 aromatic carbocycles. The second-order valence-corrected chi connectivity index (χ2v) is 4.31. The van der Waals surface area contributed by atoms with Gasteiger partial charge in [0.1, 0.15) is 12.4 Å². The summed E-state index contributed by atoms with van der Waals surface area (Å²) in [6.07, 6.45) is 3.10. The van der Waals surface area contributed by atoms with Crippen LogP contribution in [0.4, 0.5) is 5.95 Å². The standard InChI is InChI=1S/C14H14N4O2/c1-2-20-13(19)11-8-15-14-16-9-17-18(14)12(11)10-6-4-3-5-7-10/h3-9,12H,2H2,1H3,(H,15,16,17). The smallest absolute Gasteiger partial charge is 0.338 e. The van der Waals surface area contributed by atoms with Crippen molar-refractivity contribution in [2.24, 2.45) is 0 Å². The summed E-state index contributed by atoms with van der Waals surface area (Å²) in [4.78, 5) is 16.2. The van der Waals surface area contributed by atoms with E-state index in [1.54, 1.807) is 17.8 Å². The zero-order chi connectivity index (χ0) is 13.9. The molecule has 6 heteroatoms. The van der Waals surface area contributed by atoms with Crippen LogP contribution in [0, 0.1) is 0 Å². The van der Waals surface area contributed by atoms with E-state index in [1.165, 1.54) is 6.33 Å². The van der Waals surface area contributed by atoms with E-state index in [4.69, 9.17) is 4.74 Å². The van der Waals surface area contributed by atoms with Crippen LogP contribution in [0.15, 0.2) is 48.4 Å². The molecule has 1 atom stereocenters. The Hall–Kier alpha value is -2.63. The topological polar surface area (TPSA) is 69.0 Å². The van der Waals surface area contributed by atoms with Crippen LogP contribution < -0.4 is 5.32 Å². The molecule has 2 aromatic rings. The summed E-state index contributed by atoms with van der Waals surface area (Å²) in [7, 11) is 0. The van der Waals surface area contributed by atoms with Crippen LogP contribution in [0.5, 0.6) is 0 Å². The summed E-state index contributed by atoms with van der Waals surface area (Å²) in [6.45, 7) is 2.12. The van der Waals surface area contributed by atoms with Gasteiger partial charge in [-0.25, -0.2) is 9.48 Å². The predicted octanol–water partition coefficient (Wildman–Crippen LogP) is 1.74. The van der Waals surface area contributed by atoms with Gasteiger partial charge >= 0.3 is 5.97 Å². The molecule has 0 radical (unpaired) electrons. The molecule has 1 N–H and O–H groups in total. The minimum absolute atomic E-state index is 0.325. The Labute approximate surface area is 116 Å². The predicted molar refractivity (Wildman–Crippen MR) is 72.9 cm³/mol. The number of hydrogen-bond acceptors (Lipinski definition) is 5. The lowest BCUT2D eigenvalue weighted by Gasteiger charge is -2.25. The summed E-state index contributed by atoms with van der Waals surface area (Å²) >= 11 is 0. The molecule has 6 nitrogen and oxygen atoms in total. The van der Waals surface area contributed by atoms with Gasteiger partial charge < -0.3 is 10.1 Å². The van der Waals surface area contributed by atoms with Crippen molar-refractivity contribution in [2.45, 2.75) is 13.0 Å². The second-order valence-electron chi connectivity index (χ2n) is 4.31. The van der Waals surface area contributed by atoms with Crippen molar-refractivity contribution in [2.75, 3.05) is 11.9 Å². The van der Waals surface area contributed by atoms with E-state index in [2.05, 4.69) is 15.4 Å². The van der Waals surface area contributed by atoms with Gasteiger partial charge in [-0.1, -0.05) is 30.3 Å². The van der Waals surface area contributed by atoms with Crippen LogP contribution >= 0.6 is 0 Å². The molecule has 2 heterocycles. The van der Waals surface area contributed by atoms with Crippen molar-refractivity contribution < 1.29 is 9.53 Å². The van der Waals surface area contributed by atoms with Crippen molar-refractivity contribution in [3.05, 3.63) is 54.0 Å². The molecule has 1 unspecified atom stereocenters. The lowest BCUT2D eigenvalue weighted by Crippen LogP contribution is -2.27. The summed E-state index contributed by atoms with van der Waals surface area (Å²) in [5.41, 5.74) is 1.47. The fraction of sp³-hybridized carbons (Fsp3) is 0.214. The molecule has 0 fully saturated rings. The zero-order valence-corrected chi connectivity index (χ0v) is 11.0. The highest BCUT2D eigenvalue weighted by atomic mass is 16.5. The van der Waals surface area contributed by atoms with Gasteiger partial charge in [0, 0.05) is 6.20 Å². The first-order chi connectivity index (χ1) is 9.81. The van der Waals surface area contributed by atoms with Crippen LogP contribution in [-0.4, -0.2) is 27.3 Å². The highest BCUT2D eigenvalue weighted by molar-refractivity contribution is 5.91. The van der Waals surface area contributed by atoms with E-state index in [1.807, 2.05) is 30.3 Å². The van der Waals surface area contributed by atoms with Crippen LogP contribution in [0.25, 0.3) is 0 Å². The number of rotatable bonds is 3. The molecule has 20 heavy (non-hydrogen) atoms. The maximum Gasteiger partial charge on any atom is 0.338 e. The lowest BCUT2D eigenvalue weighted by molar-refractivity contribution is -0.139. The fourth-order valence-corrected chi connectivity index (χ4v) is 2.24. The van der Waals surface area contributed by atoms with Gasteiger partial charge in [0.05, 0.1) is 12.2 Å². The van der Waals surface area contributed by atoms with Gasteiger partial charge in [-0.3, -0.25) is 0 Å². The van der Waals surface area contributed by atoms with Crippen molar-refractivity contribution in [1.82, 2.24) is 14.8 Å². The molecule has 3 rings (SSSR count). The van der Waals surface area contributed by atoms with Crippen molar-refractivity contribution in [3.8, 4) is 0 Å². The Morgan fingerprint density at radius 3 is 2.95 bits per heavy atom. The van der Waals surface area contributed by atoms with E-state index in [0.29, 0.717) is 18.1 Å². The highest BCUT2D eigenvalue weighted by Crippen LogP contribution is 2.31. The number of ether oxygens (including phenoxy) is 1. The molecule has 0 saturated heterocycles. The largest absolute Gasteiger partial charge is 0.463 e. The summed E-state index contributed by atoms with van der Waals surface area (Å²) < 4.78 is 6.80. The number of nitrogens with one attached hydrogen (secondary N) is 1. The van der Waals surface area contributed by atoms with Gasteiger partial charge in [-0.05, 0) is 12.5 Å². The number of anilines is 1. The maximum atomic E-state index is 12.1. The SMILES string of the molecule is CCOC(=O)C1=CNc2ncnn2C1c1ccccc1. The average molecular weight is 270 g/mol. The van der Waals surface area contributed by atoms with Crippen LogP contribution in [0.2, 0.25) is 0 Å². The molecule has 0 aliphatic carbocycles. The number of nitrogens with zero attached hydrogens (tertiary/aromatic N) is 3. The molecule has 0 bridgehead atoms. The Bertz CT molecular complexity index is 648. The third-order valence-electron chi connectivity index (χ3n) is 3.10. The molecule has 0 spiro atoms. The third-order valence-corrected chi connectivity index (χ3v) is 3.10. The van der Waals surface area contributed by atoms with E-state index in [0.717, 1.165) is 5.56 Å². The number of carbonyl (C=O) groups is 1. The first kappa shape index (κ1) is 12.4. The van der Waals surface area contributed by atoms with Gasteiger partial charge in [-0.15, -0.1) is 0 Å². The fourth-order valence-electron chi connectivity index (χ4n) is 2.24. The molecule has 102 valence electrons. The van der Waals surface area contributed by atoms with Crippen molar-refractivity contribution in [3.63, 3.8) is 0 Å². The van der Waals surface area contributed by atoms with E-state index >= 15 is 0 Å².